The van der Waals surface area contributed by atoms with E-state index in [1.54, 1.807) is 18.0 Å². The van der Waals surface area contributed by atoms with E-state index in [1.807, 2.05) is 30.3 Å². The van der Waals surface area contributed by atoms with Crippen molar-refractivity contribution in [3.05, 3.63) is 42.1 Å². The fourth-order valence-electron chi connectivity index (χ4n) is 3.12. The molecule has 0 saturated carbocycles. The highest BCUT2D eigenvalue weighted by Gasteiger charge is 2.52. The molecule has 2 saturated heterocycles. The molecule has 1 aromatic carbocycles. The van der Waals surface area contributed by atoms with E-state index in [0.717, 1.165) is 22.2 Å². The first-order valence-electron chi connectivity index (χ1n) is 7.24. The molecule has 3 amide bonds. The fourth-order valence-corrected chi connectivity index (χ4v) is 4.44. The van der Waals surface area contributed by atoms with Crippen molar-refractivity contribution in [2.75, 3.05) is 11.5 Å². The Morgan fingerprint density at radius 2 is 2.14 bits per heavy atom. The first-order valence-corrected chi connectivity index (χ1v) is 8.40. The van der Waals surface area contributed by atoms with E-state index >= 15 is 0 Å². The molecule has 5 nitrogen and oxygen atoms in total. The van der Waals surface area contributed by atoms with Crippen LogP contribution in [-0.2, 0) is 11.3 Å². The van der Waals surface area contributed by atoms with Crippen molar-refractivity contribution < 1.29 is 9.59 Å². The van der Waals surface area contributed by atoms with Gasteiger partial charge in [0.1, 0.15) is 5.54 Å². The summed E-state index contributed by atoms with van der Waals surface area (Å²) in [5.41, 5.74) is 1.05. The third-order valence-corrected chi connectivity index (χ3v) is 5.50. The zero-order valence-electron chi connectivity index (χ0n) is 11.9. The van der Waals surface area contributed by atoms with Crippen LogP contribution in [0.1, 0.15) is 12.0 Å². The second kappa shape index (κ2) is 4.98. The Morgan fingerprint density at radius 1 is 1.27 bits per heavy atom. The highest BCUT2D eigenvalue weighted by atomic mass is 32.2. The van der Waals surface area contributed by atoms with Gasteiger partial charge >= 0.3 is 6.03 Å². The van der Waals surface area contributed by atoms with Crippen LogP contribution in [0.3, 0.4) is 0 Å². The van der Waals surface area contributed by atoms with Gasteiger partial charge in [-0.05, 0) is 23.8 Å². The predicted molar refractivity (Wildman–Crippen MR) is 85.5 cm³/mol. The van der Waals surface area contributed by atoms with Crippen LogP contribution in [0.5, 0.6) is 0 Å². The van der Waals surface area contributed by atoms with Gasteiger partial charge in [-0.2, -0.15) is 11.8 Å². The Labute approximate surface area is 132 Å². The van der Waals surface area contributed by atoms with Crippen LogP contribution in [0.15, 0.2) is 36.5 Å². The topological polar surface area (TPSA) is 62.3 Å². The van der Waals surface area contributed by atoms with Crippen LogP contribution in [0, 0.1) is 0 Å². The van der Waals surface area contributed by atoms with Crippen molar-refractivity contribution in [1.29, 1.82) is 0 Å². The van der Waals surface area contributed by atoms with E-state index in [2.05, 4.69) is 10.3 Å². The molecule has 2 aliphatic heterocycles. The Bertz CT molecular complexity index is 766. The van der Waals surface area contributed by atoms with E-state index in [9.17, 15) is 9.59 Å². The molecule has 6 heteroatoms. The van der Waals surface area contributed by atoms with Gasteiger partial charge in [-0.1, -0.05) is 24.3 Å². The van der Waals surface area contributed by atoms with Crippen molar-refractivity contribution in [2.45, 2.75) is 18.5 Å². The number of nitrogens with one attached hydrogen (secondary N) is 1. The summed E-state index contributed by atoms with van der Waals surface area (Å²) in [5, 5.41) is 3.91. The molecule has 0 radical (unpaired) electrons. The molecule has 0 aliphatic carbocycles. The number of benzene rings is 1. The molecule has 112 valence electrons. The molecule has 1 N–H and O–H groups in total. The summed E-state index contributed by atoms with van der Waals surface area (Å²) in [6.07, 6.45) is 2.44. The summed E-state index contributed by atoms with van der Waals surface area (Å²) in [6.45, 7) is 0.269. The average molecular weight is 313 g/mol. The molecule has 1 spiro atoms. The first kappa shape index (κ1) is 13.6. The van der Waals surface area contributed by atoms with Crippen LogP contribution < -0.4 is 5.32 Å². The standard InChI is InChI=1S/C16H15N3O2S/c20-14-16(6-8-22-10-16)18-15(21)19(14)9-12-4-1-3-11-5-2-7-17-13(11)12/h1-5,7H,6,8-10H2,(H,18,21). The average Bonchev–Trinajstić information content (AvgIpc) is 3.09. The Hall–Kier alpha value is -2.08. The number of hydrogen-bond donors (Lipinski definition) is 1. The lowest BCUT2D eigenvalue weighted by molar-refractivity contribution is -0.130. The number of amides is 3. The Kier molecular flexibility index (Phi) is 3.07. The molecule has 1 unspecified atom stereocenters. The molecule has 22 heavy (non-hydrogen) atoms. The number of aromatic nitrogens is 1. The van der Waals surface area contributed by atoms with Gasteiger partial charge in [-0.3, -0.25) is 14.7 Å². The van der Waals surface area contributed by atoms with E-state index in [1.165, 1.54) is 4.90 Å². The number of pyridine rings is 1. The Balaban J connectivity index is 1.68. The van der Waals surface area contributed by atoms with Crippen LogP contribution in [0.2, 0.25) is 0 Å². The normalized spacial score (nSPS) is 24.5. The maximum atomic E-state index is 12.7. The molecule has 3 heterocycles. The number of fused-ring (bicyclic) bond motifs is 1. The van der Waals surface area contributed by atoms with Crippen molar-refractivity contribution in [3.63, 3.8) is 0 Å². The lowest BCUT2D eigenvalue weighted by Crippen LogP contribution is -2.46. The smallest absolute Gasteiger partial charge is 0.322 e. The lowest BCUT2D eigenvalue weighted by atomic mass is 9.99. The highest BCUT2D eigenvalue weighted by Crippen LogP contribution is 2.34. The summed E-state index contributed by atoms with van der Waals surface area (Å²) in [7, 11) is 0. The van der Waals surface area contributed by atoms with Gasteiger partial charge < -0.3 is 5.32 Å². The molecule has 2 aromatic rings. The van der Waals surface area contributed by atoms with Crippen LogP contribution in [-0.4, -0.2) is 38.9 Å². The van der Waals surface area contributed by atoms with Gasteiger partial charge in [0.15, 0.2) is 0 Å². The van der Waals surface area contributed by atoms with Crippen molar-refractivity contribution in [1.82, 2.24) is 15.2 Å². The number of imide groups is 1. The second-order valence-corrected chi connectivity index (χ2v) is 6.80. The molecule has 0 bridgehead atoms. The number of urea groups is 1. The number of rotatable bonds is 2. The molecule has 2 fully saturated rings. The van der Waals surface area contributed by atoms with E-state index in [0.29, 0.717) is 12.2 Å². The first-order chi connectivity index (χ1) is 10.7. The van der Waals surface area contributed by atoms with Crippen molar-refractivity contribution >= 4 is 34.6 Å². The molecule has 1 atom stereocenters. The molecule has 4 rings (SSSR count). The number of carbonyl (C=O) groups is 2. The zero-order chi connectivity index (χ0) is 15.2. The molecular formula is C16H15N3O2S. The lowest BCUT2D eigenvalue weighted by Gasteiger charge is -2.19. The van der Waals surface area contributed by atoms with Gasteiger partial charge in [0.2, 0.25) is 0 Å². The third kappa shape index (κ3) is 1.98. The maximum Gasteiger partial charge on any atom is 0.325 e. The SMILES string of the molecule is O=C1NC2(CCSC2)C(=O)N1Cc1cccc2cccnc12. The van der Waals surface area contributed by atoms with Crippen LogP contribution >= 0.6 is 11.8 Å². The van der Waals surface area contributed by atoms with Gasteiger partial charge in [-0.25, -0.2) is 4.79 Å². The summed E-state index contributed by atoms with van der Waals surface area (Å²) < 4.78 is 0. The second-order valence-electron chi connectivity index (χ2n) is 5.70. The van der Waals surface area contributed by atoms with E-state index < -0.39 is 5.54 Å². The van der Waals surface area contributed by atoms with Gasteiger partial charge in [-0.15, -0.1) is 0 Å². The molecule has 1 aromatic heterocycles. The summed E-state index contributed by atoms with van der Waals surface area (Å²) in [6, 6.07) is 9.40. The van der Waals surface area contributed by atoms with Gasteiger partial charge in [0.05, 0.1) is 12.1 Å². The third-order valence-electron chi connectivity index (χ3n) is 4.31. The minimum atomic E-state index is -0.681. The minimum absolute atomic E-state index is 0.101. The molecule has 2 aliphatic rings. The minimum Gasteiger partial charge on any atom is -0.322 e. The summed E-state index contributed by atoms with van der Waals surface area (Å²) >= 11 is 1.71. The quantitative estimate of drug-likeness (QED) is 0.863. The van der Waals surface area contributed by atoms with Crippen LogP contribution in [0.25, 0.3) is 10.9 Å². The number of carbonyl (C=O) groups excluding carboxylic acids is 2. The van der Waals surface area contributed by atoms with Gasteiger partial charge in [0.25, 0.3) is 5.91 Å². The summed E-state index contributed by atoms with van der Waals surface area (Å²) in [4.78, 5) is 30.7. The van der Waals surface area contributed by atoms with Crippen LogP contribution in [0.4, 0.5) is 4.79 Å². The van der Waals surface area contributed by atoms with Crippen molar-refractivity contribution in [2.24, 2.45) is 0 Å². The highest BCUT2D eigenvalue weighted by molar-refractivity contribution is 7.99. The largest absolute Gasteiger partial charge is 0.325 e. The maximum absolute atomic E-state index is 12.7. The fraction of sp³-hybridized carbons (Fsp3) is 0.312. The van der Waals surface area contributed by atoms with Crippen molar-refractivity contribution in [3.8, 4) is 0 Å². The van der Waals surface area contributed by atoms with Gasteiger partial charge in [0, 0.05) is 17.3 Å². The Morgan fingerprint density at radius 3 is 2.95 bits per heavy atom. The number of para-hydroxylation sites is 1. The predicted octanol–water partition coefficient (Wildman–Crippen LogP) is 2.16. The number of hydrogen-bond acceptors (Lipinski definition) is 4. The zero-order valence-corrected chi connectivity index (χ0v) is 12.7. The number of thioether (sulfide) groups is 1. The molecular weight excluding hydrogens is 298 g/mol. The van der Waals surface area contributed by atoms with E-state index in [-0.39, 0.29) is 18.5 Å². The monoisotopic (exact) mass is 313 g/mol. The van der Waals surface area contributed by atoms with E-state index in [4.69, 9.17) is 0 Å². The number of nitrogens with zero attached hydrogens (tertiary/aromatic N) is 2. The summed E-state index contributed by atoms with van der Waals surface area (Å²) in [5.74, 6) is 1.48.